The van der Waals surface area contributed by atoms with E-state index in [2.05, 4.69) is 15.6 Å². The Bertz CT molecular complexity index is 966. The van der Waals surface area contributed by atoms with E-state index in [9.17, 15) is 13.2 Å². The van der Waals surface area contributed by atoms with E-state index in [-0.39, 0.29) is 17.6 Å². The van der Waals surface area contributed by atoms with Crippen molar-refractivity contribution in [1.82, 2.24) is 9.29 Å². The summed E-state index contributed by atoms with van der Waals surface area (Å²) >= 11 is 1.51. The van der Waals surface area contributed by atoms with Crippen LogP contribution in [-0.4, -0.2) is 56.6 Å². The van der Waals surface area contributed by atoms with Gasteiger partial charge in [0.25, 0.3) is 0 Å². The molecule has 1 aromatic carbocycles. The number of benzene rings is 1. The molecule has 1 aliphatic rings. The molecule has 0 aliphatic carbocycles. The molecule has 0 unspecified atom stereocenters. The molecule has 0 radical (unpaired) electrons. The molecule has 1 saturated heterocycles. The number of amides is 1. The Balaban J connectivity index is 1.72. The van der Waals surface area contributed by atoms with Gasteiger partial charge < -0.3 is 15.4 Å². The third-order valence-corrected chi connectivity index (χ3v) is 7.80. The SMILES string of the molecule is CCS(=O)(=O)N1CCC(C(=O)Nc2cc(-c3csc(NC)n3)ccc2OC)CC1. The molecule has 2 aromatic rings. The Labute approximate surface area is 175 Å². The van der Waals surface area contributed by atoms with Crippen molar-refractivity contribution < 1.29 is 17.9 Å². The van der Waals surface area contributed by atoms with Crippen molar-refractivity contribution in [2.45, 2.75) is 19.8 Å². The normalized spacial score (nSPS) is 15.8. The second-order valence-corrected chi connectivity index (χ2v) is 9.88. The van der Waals surface area contributed by atoms with Crippen molar-refractivity contribution in [1.29, 1.82) is 0 Å². The standard InChI is InChI=1S/C19H26N4O4S2/c1-4-29(25,26)23-9-7-13(8-10-23)18(24)21-15-11-14(5-6-17(15)27-3)16-12-28-19(20-2)22-16/h5-6,11-13H,4,7-10H2,1-3H3,(H,20,22)(H,21,24). The maximum absolute atomic E-state index is 12.8. The molecule has 1 fully saturated rings. The highest BCUT2D eigenvalue weighted by molar-refractivity contribution is 7.89. The summed E-state index contributed by atoms with van der Waals surface area (Å²) < 4.78 is 30.9. The van der Waals surface area contributed by atoms with Crippen LogP contribution in [0.2, 0.25) is 0 Å². The van der Waals surface area contributed by atoms with Gasteiger partial charge in [-0.05, 0) is 38.0 Å². The van der Waals surface area contributed by atoms with Gasteiger partial charge in [-0.15, -0.1) is 11.3 Å². The predicted octanol–water partition coefficient (Wildman–Crippen LogP) is 2.86. The fourth-order valence-electron chi connectivity index (χ4n) is 3.30. The van der Waals surface area contributed by atoms with Crippen LogP contribution in [0.15, 0.2) is 23.6 Å². The Hall–Kier alpha value is -2.17. The zero-order valence-corrected chi connectivity index (χ0v) is 18.4. The van der Waals surface area contributed by atoms with Crippen LogP contribution in [0.25, 0.3) is 11.3 Å². The number of piperidine rings is 1. The molecule has 1 amide bonds. The minimum atomic E-state index is -3.21. The number of nitrogens with one attached hydrogen (secondary N) is 2. The predicted molar refractivity (Wildman–Crippen MR) is 116 cm³/mol. The Morgan fingerprint density at radius 3 is 2.66 bits per heavy atom. The summed E-state index contributed by atoms with van der Waals surface area (Å²) in [6.07, 6.45) is 1.01. The fraction of sp³-hybridized carbons (Fsp3) is 0.474. The number of nitrogens with zero attached hydrogens (tertiary/aromatic N) is 2. The number of anilines is 2. The zero-order valence-electron chi connectivity index (χ0n) is 16.8. The highest BCUT2D eigenvalue weighted by Crippen LogP contribution is 2.33. The van der Waals surface area contributed by atoms with E-state index in [1.165, 1.54) is 15.6 Å². The Kier molecular flexibility index (Phi) is 6.76. The van der Waals surface area contributed by atoms with Crippen molar-refractivity contribution in [3.63, 3.8) is 0 Å². The molecule has 158 valence electrons. The summed E-state index contributed by atoms with van der Waals surface area (Å²) in [5, 5.41) is 8.73. The molecule has 8 nitrogen and oxygen atoms in total. The topological polar surface area (TPSA) is 101 Å². The third-order valence-electron chi connectivity index (χ3n) is 5.05. The van der Waals surface area contributed by atoms with Crippen LogP contribution < -0.4 is 15.4 Å². The van der Waals surface area contributed by atoms with Gasteiger partial charge in [0, 0.05) is 37.0 Å². The highest BCUT2D eigenvalue weighted by Gasteiger charge is 2.30. The van der Waals surface area contributed by atoms with Crippen LogP contribution >= 0.6 is 11.3 Å². The molecule has 0 bridgehead atoms. The highest BCUT2D eigenvalue weighted by atomic mass is 32.2. The maximum Gasteiger partial charge on any atom is 0.227 e. The first kappa shape index (κ1) is 21.5. The van der Waals surface area contributed by atoms with Crippen molar-refractivity contribution in [3.05, 3.63) is 23.6 Å². The van der Waals surface area contributed by atoms with Gasteiger partial charge in [-0.2, -0.15) is 0 Å². The Morgan fingerprint density at radius 1 is 1.34 bits per heavy atom. The summed E-state index contributed by atoms with van der Waals surface area (Å²) in [7, 11) is 0.169. The first-order valence-electron chi connectivity index (χ1n) is 9.48. The number of hydrogen-bond donors (Lipinski definition) is 2. The minimum Gasteiger partial charge on any atom is -0.495 e. The van der Waals surface area contributed by atoms with Crippen molar-refractivity contribution in [2.24, 2.45) is 5.92 Å². The lowest BCUT2D eigenvalue weighted by atomic mass is 9.97. The Morgan fingerprint density at radius 2 is 2.07 bits per heavy atom. The van der Waals surface area contributed by atoms with Crippen LogP contribution in [0.3, 0.4) is 0 Å². The largest absolute Gasteiger partial charge is 0.495 e. The van der Waals surface area contributed by atoms with E-state index in [4.69, 9.17) is 4.74 Å². The first-order valence-corrected chi connectivity index (χ1v) is 12.0. The van der Waals surface area contributed by atoms with Crippen molar-refractivity contribution in [2.75, 3.05) is 43.6 Å². The van der Waals surface area contributed by atoms with Gasteiger partial charge in [0.05, 0.1) is 24.2 Å². The summed E-state index contributed by atoms with van der Waals surface area (Å²) in [6, 6.07) is 5.55. The number of hydrogen-bond acceptors (Lipinski definition) is 7. The summed E-state index contributed by atoms with van der Waals surface area (Å²) in [6.45, 7) is 2.38. The van der Waals surface area contributed by atoms with Gasteiger partial charge in [-0.3, -0.25) is 4.79 Å². The summed E-state index contributed by atoms with van der Waals surface area (Å²) in [4.78, 5) is 17.3. The van der Waals surface area contributed by atoms with E-state index >= 15 is 0 Å². The molecule has 3 rings (SSSR count). The van der Waals surface area contributed by atoms with Gasteiger partial charge in [0.1, 0.15) is 5.75 Å². The number of rotatable bonds is 7. The van der Waals surface area contributed by atoms with Crippen LogP contribution in [-0.2, 0) is 14.8 Å². The fourth-order valence-corrected chi connectivity index (χ4v) is 5.11. The van der Waals surface area contributed by atoms with Crippen LogP contribution in [0.1, 0.15) is 19.8 Å². The monoisotopic (exact) mass is 438 g/mol. The van der Waals surface area contributed by atoms with E-state index < -0.39 is 10.0 Å². The van der Waals surface area contributed by atoms with E-state index in [0.29, 0.717) is 37.4 Å². The number of aromatic nitrogens is 1. The number of carbonyl (C=O) groups is 1. The van der Waals surface area contributed by atoms with Gasteiger partial charge in [-0.25, -0.2) is 17.7 Å². The molecular formula is C19H26N4O4S2. The summed E-state index contributed by atoms with van der Waals surface area (Å²) in [5.41, 5.74) is 2.27. The number of carbonyl (C=O) groups excluding carboxylic acids is 1. The third kappa shape index (κ3) is 4.88. The van der Waals surface area contributed by atoms with Crippen LogP contribution in [0.4, 0.5) is 10.8 Å². The van der Waals surface area contributed by atoms with Gasteiger partial charge in [-0.1, -0.05) is 0 Å². The van der Waals surface area contributed by atoms with Crippen LogP contribution in [0, 0.1) is 5.92 Å². The maximum atomic E-state index is 12.8. The number of methoxy groups -OCH3 is 1. The molecule has 1 aliphatic heterocycles. The molecule has 0 saturated carbocycles. The second kappa shape index (κ2) is 9.10. The molecule has 0 atom stereocenters. The average Bonchev–Trinajstić information content (AvgIpc) is 3.23. The van der Waals surface area contributed by atoms with Gasteiger partial charge in [0.15, 0.2) is 5.13 Å². The average molecular weight is 439 g/mol. The van der Waals surface area contributed by atoms with Crippen LogP contribution in [0.5, 0.6) is 5.75 Å². The zero-order chi connectivity index (χ0) is 21.0. The molecule has 1 aromatic heterocycles. The number of thiazole rings is 1. The number of ether oxygens (including phenoxy) is 1. The number of sulfonamides is 1. The molecule has 0 spiro atoms. The second-order valence-electron chi connectivity index (χ2n) is 6.77. The molecule has 2 heterocycles. The van der Waals surface area contributed by atoms with Gasteiger partial charge >= 0.3 is 0 Å². The van der Waals surface area contributed by atoms with E-state index in [1.54, 1.807) is 20.1 Å². The van der Waals surface area contributed by atoms with E-state index in [0.717, 1.165) is 16.4 Å². The van der Waals surface area contributed by atoms with Crippen molar-refractivity contribution in [3.8, 4) is 17.0 Å². The molecular weight excluding hydrogens is 412 g/mol. The van der Waals surface area contributed by atoms with E-state index in [1.807, 2.05) is 24.6 Å². The molecule has 2 N–H and O–H groups in total. The van der Waals surface area contributed by atoms with Gasteiger partial charge in [0.2, 0.25) is 15.9 Å². The molecule has 10 heteroatoms. The lowest BCUT2D eigenvalue weighted by Crippen LogP contribution is -2.42. The van der Waals surface area contributed by atoms with Crippen molar-refractivity contribution >= 4 is 38.1 Å². The minimum absolute atomic E-state index is 0.0831. The molecule has 29 heavy (non-hydrogen) atoms. The summed E-state index contributed by atoms with van der Waals surface area (Å²) in [5.74, 6) is 0.293. The lowest BCUT2D eigenvalue weighted by molar-refractivity contribution is -0.120. The lowest BCUT2D eigenvalue weighted by Gasteiger charge is -2.30. The smallest absolute Gasteiger partial charge is 0.227 e. The quantitative estimate of drug-likeness (QED) is 0.689. The first-order chi connectivity index (χ1) is 13.9.